The van der Waals surface area contributed by atoms with Gasteiger partial charge in [0.2, 0.25) is 5.91 Å². The molecule has 4 nitrogen and oxygen atoms in total. The molecule has 0 spiro atoms. The molecular weight excluding hydrogens is 262 g/mol. The number of furan rings is 1. The molecule has 0 unspecified atom stereocenters. The quantitative estimate of drug-likeness (QED) is 0.883. The van der Waals surface area contributed by atoms with Gasteiger partial charge in [0, 0.05) is 4.88 Å². The highest BCUT2D eigenvalue weighted by Gasteiger charge is 2.31. The minimum Gasteiger partial charge on any atom is -0.467 e. The molecule has 0 saturated carbocycles. The Labute approximate surface area is 116 Å². The number of rotatable bonds is 5. The summed E-state index contributed by atoms with van der Waals surface area (Å²) in [5.74, 6) is 0.342. The van der Waals surface area contributed by atoms with E-state index in [9.17, 15) is 9.90 Å². The zero-order valence-electron chi connectivity index (χ0n) is 10.9. The summed E-state index contributed by atoms with van der Waals surface area (Å²) in [5.41, 5.74) is -0.600. The average molecular weight is 279 g/mol. The van der Waals surface area contributed by atoms with Gasteiger partial charge in [-0.3, -0.25) is 4.79 Å². The molecular formula is C14H17NO3S. The number of thiophene rings is 1. The van der Waals surface area contributed by atoms with Crippen molar-refractivity contribution in [2.75, 3.05) is 6.54 Å². The molecule has 0 aliphatic heterocycles. The second-order valence-corrected chi connectivity index (χ2v) is 5.79. The first-order chi connectivity index (χ1) is 9.01. The fraction of sp³-hybridized carbons (Fsp3) is 0.357. The van der Waals surface area contributed by atoms with E-state index in [1.807, 2.05) is 31.4 Å². The average Bonchev–Trinajstić information content (AvgIpc) is 3.06. The van der Waals surface area contributed by atoms with Crippen LogP contribution in [0.2, 0.25) is 0 Å². The van der Waals surface area contributed by atoms with Gasteiger partial charge in [0.1, 0.15) is 11.9 Å². The minimum absolute atomic E-state index is 0.111. The summed E-state index contributed by atoms with van der Waals surface area (Å²) >= 11 is 1.55. The lowest BCUT2D eigenvalue weighted by atomic mass is 9.90. The molecule has 2 heterocycles. The number of carbonyl (C=O) groups is 1. The van der Waals surface area contributed by atoms with Gasteiger partial charge in [0.25, 0.3) is 0 Å². The lowest BCUT2D eigenvalue weighted by molar-refractivity contribution is -0.126. The minimum atomic E-state index is -0.821. The molecule has 2 aromatic heterocycles. The van der Waals surface area contributed by atoms with Gasteiger partial charge >= 0.3 is 0 Å². The topological polar surface area (TPSA) is 62.5 Å². The molecule has 2 aromatic rings. The first kappa shape index (κ1) is 13.8. The van der Waals surface area contributed by atoms with Gasteiger partial charge in [0.05, 0.1) is 18.2 Å². The van der Waals surface area contributed by atoms with E-state index < -0.39 is 11.5 Å². The largest absolute Gasteiger partial charge is 0.467 e. The predicted molar refractivity (Wildman–Crippen MR) is 74.0 cm³/mol. The highest BCUT2D eigenvalue weighted by Crippen LogP contribution is 2.27. The third kappa shape index (κ3) is 3.05. The van der Waals surface area contributed by atoms with Gasteiger partial charge < -0.3 is 14.8 Å². The number of hydrogen-bond donors (Lipinski definition) is 2. The summed E-state index contributed by atoms with van der Waals surface area (Å²) in [4.78, 5) is 13.2. The summed E-state index contributed by atoms with van der Waals surface area (Å²) in [6.07, 6.45) is 0.675. The Balaban J connectivity index is 1.94. The second kappa shape index (κ2) is 5.59. The van der Waals surface area contributed by atoms with Gasteiger partial charge in [0.15, 0.2) is 0 Å². The zero-order chi connectivity index (χ0) is 13.9. The Morgan fingerprint density at radius 3 is 2.84 bits per heavy atom. The van der Waals surface area contributed by atoms with Crippen molar-refractivity contribution in [1.29, 1.82) is 0 Å². The van der Waals surface area contributed by atoms with Crippen LogP contribution < -0.4 is 5.32 Å². The van der Waals surface area contributed by atoms with E-state index in [0.717, 1.165) is 4.88 Å². The highest BCUT2D eigenvalue weighted by molar-refractivity contribution is 7.10. The molecule has 5 heteroatoms. The molecule has 0 aliphatic carbocycles. The maximum Gasteiger partial charge on any atom is 0.231 e. The van der Waals surface area contributed by atoms with Crippen LogP contribution in [-0.4, -0.2) is 17.6 Å². The van der Waals surface area contributed by atoms with Crippen LogP contribution in [-0.2, 0) is 10.2 Å². The number of aliphatic hydroxyl groups excluding tert-OH is 1. The fourth-order valence-electron chi connectivity index (χ4n) is 1.74. The van der Waals surface area contributed by atoms with E-state index in [1.54, 1.807) is 23.5 Å². The maximum atomic E-state index is 12.2. The lowest BCUT2D eigenvalue weighted by Crippen LogP contribution is -2.41. The molecule has 2 N–H and O–H groups in total. The van der Waals surface area contributed by atoms with Crippen molar-refractivity contribution in [2.24, 2.45) is 0 Å². The van der Waals surface area contributed by atoms with Gasteiger partial charge in [-0.2, -0.15) is 0 Å². The third-order valence-electron chi connectivity index (χ3n) is 3.03. The van der Waals surface area contributed by atoms with Crippen LogP contribution in [0.4, 0.5) is 0 Å². The molecule has 1 amide bonds. The van der Waals surface area contributed by atoms with Crippen LogP contribution in [0.15, 0.2) is 40.3 Å². The summed E-state index contributed by atoms with van der Waals surface area (Å²) in [5, 5.41) is 14.6. The molecule has 2 rings (SSSR count). The molecule has 0 saturated heterocycles. The van der Waals surface area contributed by atoms with Gasteiger partial charge in [-0.15, -0.1) is 11.3 Å². The Morgan fingerprint density at radius 1 is 1.47 bits per heavy atom. The molecule has 0 bridgehead atoms. The Hall–Kier alpha value is -1.59. The van der Waals surface area contributed by atoms with Crippen molar-refractivity contribution in [2.45, 2.75) is 25.4 Å². The Kier molecular flexibility index (Phi) is 4.07. The molecule has 0 radical (unpaired) electrons. The summed E-state index contributed by atoms with van der Waals surface area (Å²) in [6, 6.07) is 7.25. The van der Waals surface area contributed by atoms with E-state index in [2.05, 4.69) is 5.32 Å². The number of nitrogens with one attached hydrogen (secondary N) is 1. The van der Waals surface area contributed by atoms with Crippen LogP contribution in [0, 0.1) is 0 Å². The lowest BCUT2D eigenvalue weighted by Gasteiger charge is -2.23. The summed E-state index contributed by atoms with van der Waals surface area (Å²) in [7, 11) is 0. The first-order valence-corrected chi connectivity index (χ1v) is 6.93. The molecule has 102 valence electrons. The standard InChI is InChI=1S/C14H17NO3S/c1-14(2,12-6-4-8-19-12)13(17)15-9-10(16)11-5-3-7-18-11/h3-8,10,16H,9H2,1-2H3,(H,15,17)/t10-/m1/s1. The number of amides is 1. The predicted octanol–water partition coefficient (Wildman–Crippen LogP) is 2.47. The van der Waals surface area contributed by atoms with Crippen molar-refractivity contribution in [3.63, 3.8) is 0 Å². The highest BCUT2D eigenvalue weighted by atomic mass is 32.1. The van der Waals surface area contributed by atoms with Gasteiger partial charge in [-0.25, -0.2) is 0 Å². The Morgan fingerprint density at radius 2 is 2.26 bits per heavy atom. The molecule has 0 aromatic carbocycles. The number of hydrogen-bond acceptors (Lipinski definition) is 4. The van der Waals surface area contributed by atoms with Crippen LogP contribution in [0.5, 0.6) is 0 Å². The van der Waals surface area contributed by atoms with Crippen molar-refractivity contribution in [1.82, 2.24) is 5.32 Å². The number of aliphatic hydroxyl groups is 1. The van der Waals surface area contributed by atoms with Crippen LogP contribution in [0.25, 0.3) is 0 Å². The van der Waals surface area contributed by atoms with Crippen molar-refractivity contribution < 1.29 is 14.3 Å². The number of carbonyl (C=O) groups excluding carboxylic acids is 1. The summed E-state index contributed by atoms with van der Waals surface area (Å²) < 4.78 is 5.09. The van der Waals surface area contributed by atoms with Crippen LogP contribution in [0.3, 0.4) is 0 Å². The smallest absolute Gasteiger partial charge is 0.231 e. The first-order valence-electron chi connectivity index (χ1n) is 6.05. The Bertz CT molecular complexity index is 517. The van der Waals surface area contributed by atoms with Crippen LogP contribution >= 0.6 is 11.3 Å². The second-order valence-electron chi connectivity index (χ2n) is 4.84. The van der Waals surface area contributed by atoms with E-state index in [1.165, 1.54) is 6.26 Å². The van der Waals surface area contributed by atoms with Crippen LogP contribution in [0.1, 0.15) is 30.6 Å². The van der Waals surface area contributed by atoms with Crippen molar-refractivity contribution in [3.8, 4) is 0 Å². The SMILES string of the molecule is CC(C)(C(=O)NC[C@@H](O)c1ccco1)c1cccs1. The maximum absolute atomic E-state index is 12.2. The zero-order valence-corrected chi connectivity index (χ0v) is 11.7. The van der Waals surface area contributed by atoms with Crippen molar-refractivity contribution in [3.05, 3.63) is 46.5 Å². The van der Waals surface area contributed by atoms with Gasteiger partial charge in [-0.1, -0.05) is 6.07 Å². The van der Waals surface area contributed by atoms with E-state index in [4.69, 9.17) is 4.42 Å². The molecule has 0 aliphatic rings. The normalized spacial score (nSPS) is 13.2. The monoisotopic (exact) mass is 279 g/mol. The van der Waals surface area contributed by atoms with E-state index >= 15 is 0 Å². The molecule has 0 fully saturated rings. The summed E-state index contributed by atoms with van der Waals surface area (Å²) in [6.45, 7) is 3.88. The van der Waals surface area contributed by atoms with E-state index in [-0.39, 0.29) is 12.5 Å². The molecule has 19 heavy (non-hydrogen) atoms. The van der Waals surface area contributed by atoms with E-state index in [0.29, 0.717) is 5.76 Å². The molecule has 1 atom stereocenters. The van der Waals surface area contributed by atoms with Gasteiger partial charge in [-0.05, 0) is 37.4 Å². The fourth-order valence-corrected chi connectivity index (χ4v) is 2.59. The van der Waals surface area contributed by atoms with Crippen molar-refractivity contribution >= 4 is 17.2 Å². The third-order valence-corrected chi connectivity index (χ3v) is 4.23.